The molecule has 2 heterocycles. The third-order valence-corrected chi connectivity index (χ3v) is 7.20. The number of ether oxygens (including phenoxy) is 2. The minimum absolute atomic E-state index is 0.0172. The molecular weight excluding hydrogens is 486 g/mol. The number of thiophene rings is 1. The van der Waals surface area contributed by atoms with Gasteiger partial charge in [-0.15, -0.1) is 11.3 Å². The molecule has 2 aromatic carbocycles. The van der Waals surface area contributed by atoms with Crippen molar-refractivity contribution in [2.75, 3.05) is 0 Å². The topological polar surface area (TPSA) is 81.7 Å². The Kier molecular flexibility index (Phi) is 7.11. The maximum atomic E-state index is 14.4. The molecule has 4 rings (SSSR count). The average Bonchev–Trinajstić information content (AvgIpc) is 3.25. The summed E-state index contributed by atoms with van der Waals surface area (Å²) < 4.78 is 12.7. The van der Waals surface area contributed by atoms with Gasteiger partial charge in [0, 0.05) is 21.7 Å². The van der Waals surface area contributed by atoms with Crippen LogP contribution in [0.4, 0.5) is 0 Å². The van der Waals surface area contributed by atoms with Gasteiger partial charge in [-0.05, 0) is 69.5 Å². The second kappa shape index (κ2) is 9.98. The molecule has 37 heavy (non-hydrogen) atoms. The van der Waals surface area contributed by atoms with Crippen molar-refractivity contribution in [3.8, 4) is 0 Å². The van der Waals surface area contributed by atoms with Crippen molar-refractivity contribution in [1.82, 2.24) is 5.32 Å². The smallest absolute Gasteiger partial charge is 0.337 e. The van der Waals surface area contributed by atoms with Gasteiger partial charge in [-0.25, -0.2) is 4.79 Å². The van der Waals surface area contributed by atoms with Gasteiger partial charge < -0.3 is 14.8 Å². The van der Waals surface area contributed by atoms with Crippen molar-refractivity contribution in [2.24, 2.45) is 0 Å². The lowest BCUT2D eigenvalue weighted by Gasteiger charge is -2.41. The van der Waals surface area contributed by atoms with Gasteiger partial charge in [0.1, 0.15) is 12.2 Å². The molecule has 0 saturated carbocycles. The fourth-order valence-corrected chi connectivity index (χ4v) is 5.94. The molecule has 1 aliphatic rings. The second-order valence-corrected chi connectivity index (χ2v) is 11.1. The molecule has 1 aromatic heterocycles. The number of ketones is 1. The zero-order chi connectivity index (χ0) is 27.0. The zero-order valence-electron chi connectivity index (χ0n) is 21.9. The first-order valence-corrected chi connectivity index (χ1v) is 13.0. The number of hydrogen-bond acceptors (Lipinski definition) is 7. The van der Waals surface area contributed by atoms with Crippen LogP contribution in [0.2, 0.25) is 0 Å². The maximum absolute atomic E-state index is 14.4. The summed E-state index contributed by atoms with van der Waals surface area (Å²) in [6.07, 6.45) is 0. The minimum atomic E-state index is -1.81. The van der Waals surface area contributed by atoms with E-state index in [4.69, 9.17) is 9.47 Å². The Bertz CT molecular complexity index is 1440. The van der Waals surface area contributed by atoms with Gasteiger partial charge in [0.05, 0.1) is 5.57 Å². The monoisotopic (exact) mass is 517 g/mol. The van der Waals surface area contributed by atoms with Crippen LogP contribution >= 0.6 is 11.3 Å². The van der Waals surface area contributed by atoms with E-state index < -0.39 is 23.0 Å². The van der Waals surface area contributed by atoms with Crippen LogP contribution in [0.5, 0.6) is 0 Å². The van der Waals surface area contributed by atoms with Crippen molar-refractivity contribution in [1.29, 1.82) is 0 Å². The van der Waals surface area contributed by atoms with E-state index in [0.717, 1.165) is 15.6 Å². The van der Waals surface area contributed by atoms with Gasteiger partial charge in [-0.1, -0.05) is 48.5 Å². The largest absolute Gasteiger partial charge is 0.459 e. The average molecular weight is 518 g/mol. The summed E-state index contributed by atoms with van der Waals surface area (Å²) in [5.74, 6) is -1.73. The lowest BCUT2D eigenvalue weighted by Crippen LogP contribution is -2.52. The van der Waals surface area contributed by atoms with Crippen LogP contribution in [0.1, 0.15) is 52.7 Å². The predicted octanol–water partition coefficient (Wildman–Crippen LogP) is 5.96. The summed E-state index contributed by atoms with van der Waals surface area (Å²) >= 11 is 1.44. The highest BCUT2D eigenvalue weighted by atomic mass is 32.1. The zero-order valence-corrected chi connectivity index (χ0v) is 22.7. The molecule has 0 fully saturated rings. The van der Waals surface area contributed by atoms with Crippen LogP contribution in [0, 0.1) is 0 Å². The summed E-state index contributed by atoms with van der Waals surface area (Å²) in [5, 5.41) is 5.77. The molecular formula is C30H31NO5S. The first-order chi connectivity index (χ1) is 17.5. The molecule has 0 aliphatic carbocycles. The fourth-order valence-electron chi connectivity index (χ4n) is 4.93. The summed E-state index contributed by atoms with van der Waals surface area (Å²) in [7, 11) is 0. The molecule has 3 aromatic rings. The van der Waals surface area contributed by atoms with Crippen molar-refractivity contribution in [3.05, 3.63) is 93.6 Å². The highest BCUT2D eigenvalue weighted by Crippen LogP contribution is 2.50. The molecule has 0 radical (unpaired) electrons. The normalized spacial score (nSPS) is 18.0. The Hall–Kier alpha value is -3.71. The third-order valence-electron chi connectivity index (χ3n) is 6.23. The van der Waals surface area contributed by atoms with Crippen molar-refractivity contribution >= 4 is 39.1 Å². The molecule has 0 saturated heterocycles. The van der Waals surface area contributed by atoms with Crippen molar-refractivity contribution < 1.29 is 23.9 Å². The fraction of sp³-hybridized carbons (Fsp3) is 0.300. The van der Waals surface area contributed by atoms with E-state index in [0.29, 0.717) is 17.0 Å². The van der Waals surface area contributed by atoms with Gasteiger partial charge >= 0.3 is 11.9 Å². The van der Waals surface area contributed by atoms with Crippen molar-refractivity contribution in [2.45, 2.75) is 59.2 Å². The van der Waals surface area contributed by atoms with Gasteiger partial charge in [-0.2, -0.15) is 0 Å². The van der Waals surface area contributed by atoms with E-state index >= 15 is 0 Å². The number of hydrogen-bond donors (Lipinski definition) is 1. The quantitative estimate of drug-likeness (QED) is 0.406. The van der Waals surface area contributed by atoms with Gasteiger partial charge in [0.25, 0.3) is 0 Å². The Morgan fingerprint density at radius 1 is 0.919 bits per heavy atom. The van der Waals surface area contributed by atoms with Crippen LogP contribution in [-0.2, 0) is 35.9 Å². The van der Waals surface area contributed by atoms with E-state index in [1.165, 1.54) is 18.3 Å². The van der Waals surface area contributed by atoms with Crippen molar-refractivity contribution in [3.63, 3.8) is 0 Å². The number of carbonyl (C=O) groups excluding carboxylic acids is 3. The maximum Gasteiger partial charge on any atom is 0.337 e. The van der Waals surface area contributed by atoms with E-state index in [-0.39, 0.29) is 23.5 Å². The minimum Gasteiger partial charge on any atom is -0.459 e. The highest BCUT2D eigenvalue weighted by Gasteiger charge is 2.58. The summed E-state index contributed by atoms with van der Waals surface area (Å²) in [4.78, 5) is 41.6. The Balaban J connectivity index is 2.01. The number of fused-ring (bicyclic) bond motifs is 1. The SMILES string of the molecule is CC(=O)C1=C(C)NC(C)=C(C(=O)OCc2ccccc2)C1(C(=O)OC(C)(C)C)c1csc2ccccc12. The lowest BCUT2D eigenvalue weighted by atomic mass is 9.64. The number of carbonyl (C=O) groups is 3. The number of allylic oxidation sites excluding steroid dienone is 2. The standard InChI is InChI=1S/C30H31NO5S/c1-18-25(20(3)32)30(28(34)36-29(4,5)6,23-17-37-24-15-11-10-14-22(23)24)26(19(2)31-18)27(33)35-16-21-12-8-7-9-13-21/h7-15,17,31H,16H2,1-6H3. The predicted molar refractivity (Wildman–Crippen MR) is 145 cm³/mol. The number of nitrogens with one attached hydrogen (secondary N) is 1. The molecule has 7 heteroatoms. The highest BCUT2D eigenvalue weighted by molar-refractivity contribution is 7.17. The third kappa shape index (κ3) is 4.83. The van der Waals surface area contributed by atoms with Crippen LogP contribution < -0.4 is 5.32 Å². The molecule has 1 aliphatic heterocycles. The Labute approximate surface area is 221 Å². The van der Waals surface area contributed by atoms with Gasteiger partial charge in [0.15, 0.2) is 11.2 Å². The molecule has 6 nitrogen and oxygen atoms in total. The van der Waals surface area contributed by atoms with E-state index in [1.807, 2.05) is 60.0 Å². The molecule has 192 valence electrons. The van der Waals surface area contributed by atoms with E-state index in [1.54, 1.807) is 34.6 Å². The Morgan fingerprint density at radius 2 is 1.54 bits per heavy atom. The molecule has 0 bridgehead atoms. The van der Waals surface area contributed by atoms with Crippen LogP contribution in [0.3, 0.4) is 0 Å². The van der Waals surface area contributed by atoms with E-state index in [2.05, 4.69) is 5.32 Å². The Morgan fingerprint density at radius 3 is 2.19 bits per heavy atom. The number of esters is 2. The molecule has 1 N–H and O–H groups in total. The van der Waals surface area contributed by atoms with Crippen LogP contribution in [0.25, 0.3) is 10.1 Å². The van der Waals surface area contributed by atoms with Crippen LogP contribution in [-0.4, -0.2) is 23.3 Å². The summed E-state index contributed by atoms with van der Waals surface area (Å²) in [6, 6.07) is 16.9. The van der Waals surface area contributed by atoms with Crippen LogP contribution in [0.15, 0.2) is 82.5 Å². The molecule has 1 unspecified atom stereocenters. The second-order valence-electron chi connectivity index (χ2n) is 10.1. The number of Topliss-reactive ketones (excluding diaryl/α,β-unsaturated/α-hetero) is 1. The first-order valence-electron chi connectivity index (χ1n) is 12.1. The van der Waals surface area contributed by atoms with E-state index in [9.17, 15) is 14.4 Å². The number of benzene rings is 2. The summed E-state index contributed by atoms with van der Waals surface area (Å²) in [5.41, 5.74) is -0.207. The number of rotatable bonds is 6. The molecule has 0 amide bonds. The molecule has 1 atom stereocenters. The summed E-state index contributed by atoms with van der Waals surface area (Å²) in [6.45, 7) is 10.2. The first kappa shape index (κ1) is 26.4. The van der Waals surface area contributed by atoms with Gasteiger partial charge in [-0.3, -0.25) is 9.59 Å². The lowest BCUT2D eigenvalue weighted by molar-refractivity contribution is -0.161. The van der Waals surface area contributed by atoms with Gasteiger partial charge in [0.2, 0.25) is 0 Å². The molecule has 0 spiro atoms. The number of dihydropyridines is 1.